The van der Waals surface area contributed by atoms with Gasteiger partial charge in [-0.25, -0.2) is 9.97 Å². The van der Waals surface area contributed by atoms with Crippen LogP contribution in [0.15, 0.2) is 12.4 Å². The van der Waals surface area contributed by atoms with Crippen molar-refractivity contribution >= 4 is 11.6 Å². The van der Waals surface area contributed by atoms with E-state index in [-0.39, 0.29) is 0 Å². The number of nitrogens with one attached hydrogen (secondary N) is 1. The number of rotatable bonds is 7. The van der Waals surface area contributed by atoms with Crippen LogP contribution in [0, 0.1) is 11.8 Å². The Labute approximate surface area is 110 Å². The van der Waals surface area contributed by atoms with Gasteiger partial charge in [-0.2, -0.15) is 0 Å². The van der Waals surface area contributed by atoms with Crippen molar-refractivity contribution < 1.29 is 0 Å². The SMILES string of the molecule is CC(C)CN(C)c1cc(NCC(C)CN)ncn1. The van der Waals surface area contributed by atoms with Gasteiger partial charge >= 0.3 is 0 Å². The van der Waals surface area contributed by atoms with E-state index in [0.717, 1.165) is 24.7 Å². The molecule has 0 fully saturated rings. The van der Waals surface area contributed by atoms with Crippen molar-refractivity contribution in [2.24, 2.45) is 17.6 Å². The molecule has 18 heavy (non-hydrogen) atoms. The lowest BCUT2D eigenvalue weighted by Gasteiger charge is -2.20. The van der Waals surface area contributed by atoms with Gasteiger partial charge in [0.25, 0.3) is 0 Å². The Morgan fingerprint density at radius 3 is 2.67 bits per heavy atom. The van der Waals surface area contributed by atoms with E-state index < -0.39 is 0 Å². The molecule has 0 aromatic carbocycles. The van der Waals surface area contributed by atoms with Crippen molar-refractivity contribution in [1.82, 2.24) is 9.97 Å². The molecule has 0 saturated carbocycles. The standard InChI is InChI=1S/C13H25N5/c1-10(2)8-18(4)13-5-12(16-9-17-13)15-7-11(3)6-14/h5,9-11H,6-8,14H2,1-4H3,(H,15,16,17). The summed E-state index contributed by atoms with van der Waals surface area (Å²) in [4.78, 5) is 10.6. The molecule has 1 heterocycles. The Morgan fingerprint density at radius 1 is 1.33 bits per heavy atom. The third-order valence-electron chi connectivity index (χ3n) is 2.72. The van der Waals surface area contributed by atoms with E-state index in [1.807, 2.05) is 6.07 Å². The number of aromatic nitrogens is 2. The maximum absolute atomic E-state index is 5.59. The number of nitrogens with two attached hydrogens (primary N) is 1. The van der Waals surface area contributed by atoms with E-state index in [9.17, 15) is 0 Å². The molecule has 1 aromatic heterocycles. The van der Waals surface area contributed by atoms with E-state index in [2.05, 4.69) is 48.0 Å². The highest BCUT2D eigenvalue weighted by atomic mass is 15.2. The number of nitrogens with zero attached hydrogens (tertiary/aromatic N) is 3. The van der Waals surface area contributed by atoms with Crippen LogP contribution in [0.25, 0.3) is 0 Å². The highest BCUT2D eigenvalue weighted by Crippen LogP contribution is 2.14. The zero-order valence-corrected chi connectivity index (χ0v) is 11.8. The minimum absolute atomic E-state index is 0.441. The quantitative estimate of drug-likeness (QED) is 0.770. The summed E-state index contributed by atoms with van der Waals surface area (Å²) in [5.74, 6) is 2.85. The first-order chi connectivity index (χ1) is 8.52. The maximum atomic E-state index is 5.59. The van der Waals surface area contributed by atoms with Gasteiger partial charge in [-0.3, -0.25) is 0 Å². The van der Waals surface area contributed by atoms with Gasteiger partial charge in [-0.15, -0.1) is 0 Å². The average molecular weight is 251 g/mol. The molecule has 0 spiro atoms. The highest BCUT2D eigenvalue weighted by Gasteiger charge is 2.06. The molecule has 0 radical (unpaired) electrons. The summed E-state index contributed by atoms with van der Waals surface area (Å²) in [6.45, 7) is 8.99. The van der Waals surface area contributed by atoms with E-state index in [1.54, 1.807) is 6.33 Å². The molecule has 5 nitrogen and oxygen atoms in total. The molecular formula is C13H25N5. The minimum Gasteiger partial charge on any atom is -0.370 e. The summed E-state index contributed by atoms with van der Waals surface area (Å²) in [6.07, 6.45) is 1.60. The van der Waals surface area contributed by atoms with Crippen LogP contribution in [0.4, 0.5) is 11.6 Å². The fourth-order valence-electron chi connectivity index (χ4n) is 1.66. The van der Waals surface area contributed by atoms with Gasteiger partial charge in [0.2, 0.25) is 0 Å². The molecule has 0 saturated heterocycles. The van der Waals surface area contributed by atoms with Gasteiger partial charge in [0.05, 0.1) is 0 Å². The smallest absolute Gasteiger partial charge is 0.133 e. The number of anilines is 2. The van der Waals surface area contributed by atoms with Crippen LogP contribution in [0.2, 0.25) is 0 Å². The fraction of sp³-hybridized carbons (Fsp3) is 0.692. The molecule has 0 aliphatic carbocycles. The van der Waals surface area contributed by atoms with E-state index >= 15 is 0 Å². The second kappa shape index (κ2) is 7.16. The largest absolute Gasteiger partial charge is 0.370 e. The van der Waals surface area contributed by atoms with Crippen LogP contribution >= 0.6 is 0 Å². The molecule has 0 bridgehead atoms. The predicted molar refractivity (Wildman–Crippen MR) is 76.8 cm³/mol. The third-order valence-corrected chi connectivity index (χ3v) is 2.72. The lowest BCUT2D eigenvalue weighted by Crippen LogP contribution is -2.24. The van der Waals surface area contributed by atoms with Crippen LogP contribution in [0.5, 0.6) is 0 Å². The van der Waals surface area contributed by atoms with Crippen molar-refractivity contribution in [2.45, 2.75) is 20.8 Å². The summed E-state index contributed by atoms with van der Waals surface area (Å²) in [7, 11) is 2.05. The summed E-state index contributed by atoms with van der Waals surface area (Å²) >= 11 is 0. The van der Waals surface area contributed by atoms with Gasteiger partial charge in [0.1, 0.15) is 18.0 Å². The van der Waals surface area contributed by atoms with Crippen molar-refractivity contribution in [1.29, 1.82) is 0 Å². The molecule has 0 aliphatic rings. The molecule has 0 amide bonds. The monoisotopic (exact) mass is 251 g/mol. The zero-order chi connectivity index (χ0) is 13.5. The lowest BCUT2D eigenvalue weighted by atomic mass is 10.2. The zero-order valence-electron chi connectivity index (χ0n) is 11.8. The molecule has 0 aliphatic heterocycles. The predicted octanol–water partition coefficient (Wildman–Crippen LogP) is 1.58. The van der Waals surface area contributed by atoms with Crippen molar-refractivity contribution in [3.63, 3.8) is 0 Å². The van der Waals surface area contributed by atoms with Gasteiger partial charge < -0.3 is 16.0 Å². The second-order valence-corrected chi connectivity index (χ2v) is 5.26. The first-order valence-corrected chi connectivity index (χ1v) is 6.50. The summed E-state index contributed by atoms with van der Waals surface area (Å²) < 4.78 is 0. The Balaban J connectivity index is 2.61. The highest BCUT2D eigenvalue weighted by molar-refractivity contribution is 5.47. The first kappa shape index (κ1) is 14.7. The average Bonchev–Trinajstić information content (AvgIpc) is 2.35. The van der Waals surface area contributed by atoms with Crippen LogP contribution < -0.4 is 16.0 Å². The Morgan fingerprint density at radius 2 is 2.06 bits per heavy atom. The Hall–Kier alpha value is -1.36. The van der Waals surface area contributed by atoms with Crippen molar-refractivity contribution in [3.05, 3.63) is 12.4 Å². The summed E-state index contributed by atoms with van der Waals surface area (Å²) in [5, 5.41) is 3.29. The van der Waals surface area contributed by atoms with Crippen LogP contribution in [-0.4, -0.2) is 36.6 Å². The van der Waals surface area contributed by atoms with E-state index in [1.165, 1.54) is 0 Å². The fourth-order valence-corrected chi connectivity index (χ4v) is 1.66. The molecule has 1 aromatic rings. The van der Waals surface area contributed by atoms with E-state index in [4.69, 9.17) is 5.73 Å². The summed E-state index contributed by atoms with van der Waals surface area (Å²) in [6, 6.07) is 1.98. The minimum atomic E-state index is 0.441. The van der Waals surface area contributed by atoms with Gasteiger partial charge in [0.15, 0.2) is 0 Å². The van der Waals surface area contributed by atoms with E-state index in [0.29, 0.717) is 18.4 Å². The molecule has 3 N–H and O–H groups in total. The van der Waals surface area contributed by atoms with Gasteiger partial charge in [-0.05, 0) is 18.4 Å². The molecular weight excluding hydrogens is 226 g/mol. The van der Waals surface area contributed by atoms with Gasteiger partial charge in [0, 0.05) is 26.2 Å². The van der Waals surface area contributed by atoms with Gasteiger partial charge in [-0.1, -0.05) is 20.8 Å². The molecule has 1 unspecified atom stereocenters. The van der Waals surface area contributed by atoms with Crippen molar-refractivity contribution in [3.8, 4) is 0 Å². The normalized spacial score (nSPS) is 12.6. The second-order valence-electron chi connectivity index (χ2n) is 5.26. The molecule has 1 atom stereocenters. The Kier molecular flexibility index (Phi) is 5.85. The third kappa shape index (κ3) is 4.87. The number of hydrogen-bond donors (Lipinski definition) is 2. The van der Waals surface area contributed by atoms with Crippen LogP contribution in [-0.2, 0) is 0 Å². The summed E-state index contributed by atoms with van der Waals surface area (Å²) in [5.41, 5.74) is 5.59. The first-order valence-electron chi connectivity index (χ1n) is 6.50. The number of hydrogen-bond acceptors (Lipinski definition) is 5. The molecule has 5 heteroatoms. The van der Waals surface area contributed by atoms with Crippen LogP contribution in [0.1, 0.15) is 20.8 Å². The van der Waals surface area contributed by atoms with Crippen LogP contribution in [0.3, 0.4) is 0 Å². The Bertz CT molecular complexity index is 353. The topological polar surface area (TPSA) is 67.1 Å². The molecule has 102 valence electrons. The van der Waals surface area contributed by atoms with Crippen molar-refractivity contribution in [2.75, 3.05) is 36.9 Å². The maximum Gasteiger partial charge on any atom is 0.133 e. The molecule has 1 rings (SSSR count). The lowest BCUT2D eigenvalue weighted by molar-refractivity contribution is 0.625.